The van der Waals surface area contributed by atoms with Crippen LogP contribution in [0, 0.1) is 0 Å². The number of β-amino-alcohol motifs (C(OH)–C–C–N with tert-alkyl or cyclic N) is 1. The number of likely N-dealkylation sites (tertiary alicyclic amines) is 1. The summed E-state index contributed by atoms with van der Waals surface area (Å²) < 4.78 is 0. The van der Waals surface area contributed by atoms with Crippen LogP contribution in [0.2, 0.25) is 0 Å². The van der Waals surface area contributed by atoms with Gasteiger partial charge in [-0.05, 0) is 42.0 Å². The molecular formula is C21H23N3O. The lowest BCUT2D eigenvalue weighted by Crippen LogP contribution is -2.58. The van der Waals surface area contributed by atoms with Crippen molar-refractivity contribution in [2.75, 3.05) is 13.1 Å². The molecule has 128 valence electrons. The lowest BCUT2D eigenvalue weighted by molar-refractivity contribution is -0.107. The highest BCUT2D eigenvalue weighted by molar-refractivity contribution is 5.86. The number of aromatic amines is 1. The molecule has 3 aromatic rings. The number of aromatic nitrogens is 2. The smallest absolute Gasteiger partial charge is 0.120 e. The summed E-state index contributed by atoms with van der Waals surface area (Å²) in [5.41, 5.74) is 2.87. The second-order valence-corrected chi connectivity index (χ2v) is 7.52. The SMILES string of the molecule is OC1(c2cccc3ccccc23)CN(Cc2nc3c([nH]2)CCCC3)C1. The number of imidazole rings is 1. The number of hydrogen-bond donors (Lipinski definition) is 2. The van der Waals surface area contributed by atoms with Crippen molar-refractivity contribution in [3.63, 3.8) is 0 Å². The summed E-state index contributed by atoms with van der Waals surface area (Å²) in [6, 6.07) is 14.5. The summed E-state index contributed by atoms with van der Waals surface area (Å²) >= 11 is 0. The molecule has 1 aliphatic heterocycles. The van der Waals surface area contributed by atoms with E-state index in [-0.39, 0.29) is 0 Å². The van der Waals surface area contributed by atoms with Gasteiger partial charge in [-0.3, -0.25) is 4.90 Å². The maximum absolute atomic E-state index is 11.1. The van der Waals surface area contributed by atoms with Crippen LogP contribution in [0.5, 0.6) is 0 Å². The molecule has 0 atom stereocenters. The minimum atomic E-state index is -0.757. The Hall–Kier alpha value is -2.17. The average Bonchev–Trinajstić information content (AvgIpc) is 3.02. The van der Waals surface area contributed by atoms with Crippen LogP contribution in [-0.2, 0) is 25.0 Å². The van der Waals surface area contributed by atoms with Crippen molar-refractivity contribution >= 4 is 10.8 Å². The normalized spacial score (nSPS) is 19.6. The van der Waals surface area contributed by atoms with Crippen molar-refractivity contribution in [3.05, 3.63) is 65.2 Å². The molecule has 0 amide bonds. The molecule has 2 aromatic carbocycles. The molecule has 2 heterocycles. The number of nitrogens with one attached hydrogen (secondary N) is 1. The highest BCUT2D eigenvalue weighted by Gasteiger charge is 2.43. The van der Waals surface area contributed by atoms with Gasteiger partial charge in [-0.1, -0.05) is 42.5 Å². The number of nitrogens with zero attached hydrogens (tertiary/aromatic N) is 2. The highest BCUT2D eigenvalue weighted by Crippen LogP contribution is 2.36. The van der Waals surface area contributed by atoms with E-state index in [0.717, 1.165) is 36.2 Å². The molecule has 1 saturated heterocycles. The third kappa shape index (κ3) is 2.57. The minimum absolute atomic E-state index is 0.659. The lowest BCUT2D eigenvalue weighted by Gasteiger charge is -2.47. The second-order valence-electron chi connectivity index (χ2n) is 7.52. The van der Waals surface area contributed by atoms with E-state index >= 15 is 0 Å². The fraction of sp³-hybridized carbons (Fsp3) is 0.381. The maximum Gasteiger partial charge on any atom is 0.120 e. The molecule has 0 spiro atoms. The largest absolute Gasteiger partial charge is 0.382 e. The van der Waals surface area contributed by atoms with Crippen LogP contribution in [0.4, 0.5) is 0 Å². The van der Waals surface area contributed by atoms with Gasteiger partial charge in [0, 0.05) is 18.8 Å². The van der Waals surface area contributed by atoms with Gasteiger partial charge < -0.3 is 10.1 Å². The van der Waals surface area contributed by atoms with Gasteiger partial charge in [0.25, 0.3) is 0 Å². The first-order chi connectivity index (χ1) is 12.2. The van der Waals surface area contributed by atoms with E-state index in [1.165, 1.54) is 29.6 Å². The average molecular weight is 333 g/mol. The molecule has 4 heteroatoms. The maximum atomic E-state index is 11.1. The number of aliphatic hydroxyl groups is 1. The van der Waals surface area contributed by atoms with Gasteiger partial charge in [-0.15, -0.1) is 0 Å². The molecule has 0 radical (unpaired) electrons. The fourth-order valence-electron chi connectivity index (χ4n) is 4.41. The summed E-state index contributed by atoms with van der Waals surface area (Å²) in [5.74, 6) is 1.05. The predicted molar refractivity (Wildman–Crippen MR) is 98.4 cm³/mol. The summed E-state index contributed by atoms with van der Waals surface area (Å²) in [6.07, 6.45) is 4.75. The van der Waals surface area contributed by atoms with E-state index in [1.807, 2.05) is 18.2 Å². The highest BCUT2D eigenvalue weighted by atomic mass is 16.3. The summed E-state index contributed by atoms with van der Waals surface area (Å²) in [4.78, 5) is 10.5. The zero-order valence-corrected chi connectivity index (χ0v) is 14.3. The van der Waals surface area contributed by atoms with E-state index in [2.05, 4.69) is 34.1 Å². The van der Waals surface area contributed by atoms with Gasteiger partial charge in [0.1, 0.15) is 11.4 Å². The molecule has 1 aliphatic carbocycles. The lowest BCUT2D eigenvalue weighted by atomic mass is 9.83. The molecule has 0 unspecified atom stereocenters. The Labute approximate surface area is 147 Å². The van der Waals surface area contributed by atoms with E-state index in [9.17, 15) is 5.11 Å². The fourth-order valence-corrected chi connectivity index (χ4v) is 4.41. The van der Waals surface area contributed by atoms with Gasteiger partial charge in [0.05, 0.1) is 12.2 Å². The Morgan fingerprint density at radius 3 is 2.72 bits per heavy atom. The molecule has 0 saturated carbocycles. The third-order valence-electron chi connectivity index (χ3n) is 5.64. The van der Waals surface area contributed by atoms with Crippen molar-refractivity contribution in [2.45, 2.75) is 37.8 Å². The Bertz CT molecular complexity index is 895. The number of hydrogen-bond acceptors (Lipinski definition) is 3. The quantitative estimate of drug-likeness (QED) is 0.774. The Kier molecular flexibility index (Phi) is 3.43. The van der Waals surface area contributed by atoms with E-state index < -0.39 is 5.60 Å². The minimum Gasteiger partial charge on any atom is -0.382 e. The number of rotatable bonds is 3. The molecule has 1 fully saturated rings. The first-order valence-electron chi connectivity index (χ1n) is 9.21. The van der Waals surface area contributed by atoms with Gasteiger partial charge in [0.2, 0.25) is 0 Å². The molecule has 4 nitrogen and oxygen atoms in total. The second kappa shape index (κ2) is 5.68. The summed E-state index contributed by atoms with van der Waals surface area (Å²) in [7, 11) is 0. The van der Waals surface area contributed by atoms with Crippen molar-refractivity contribution in [2.24, 2.45) is 0 Å². The molecule has 2 N–H and O–H groups in total. The topological polar surface area (TPSA) is 52.1 Å². The molecular weight excluding hydrogens is 310 g/mol. The van der Waals surface area contributed by atoms with Crippen molar-refractivity contribution in [3.8, 4) is 0 Å². The van der Waals surface area contributed by atoms with Crippen LogP contribution >= 0.6 is 0 Å². The first kappa shape index (κ1) is 15.1. The van der Waals surface area contributed by atoms with Gasteiger partial charge in [0.15, 0.2) is 0 Å². The summed E-state index contributed by atoms with van der Waals surface area (Å²) in [6.45, 7) is 2.11. The molecule has 0 bridgehead atoms. The zero-order chi connectivity index (χ0) is 16.9. The van der Waals surface area contributed by atoms with Gasteiger partial charge in [-0.2, -0.15) is 0 Å². The van der Waals surface area contributed by atoms with Crippen LogP contribution < -0.4 is 0 Å². The first-order valence-corrected chi connectivity index (χ1v) is 9.21. The monoisotopic (exact) mass is 333 g/mol. The Morgan fingerprint density at radius 2 is 1.84 bits per heavy atom. The molecule has 5 rings (SSSR count). The Morgan fingerprint density at radius 1 is 1.04 bits per heavy atom. The molecule has 1 aromatic heterocycles. The van der Waals surface area contributed by atoms with Crippen LogP contribution in [0.15, 0.2) is 42.5 Å². The standard InChI is InChI=1S/C21H23N3O/c25-21(17-9-5-7-15-6-1-2-8-16(15)17)13-24(14-21)12-20-22-18-10-3-4-11-19(18)23-20/h1-2,5-9,25H,3-4,10-14H2,(H,22,23). The number of aryl methyl sites for hydroxylation is 2. The van der Waals surface area contributed by atoms with E-state index in [4.69, 9.17) is 4.98 Å². The number of H-pyrrole nitrogens is 1. The summed E-state index contributed by atoms with van der Waals surface area (Å²) in [5, 5.41) is 13.5. The van der Waals surface area contributed by atoms with Crippen molar-refractivity contribution < 1.29 is 5.11 Å². The third-order valence-corrected chi connectivity index (χ3v) is 5.64. The van der Waals surface area contributed by atoms with E-state index in [1.54, 1.807) is 0 Å². The zero-order valence-electron chi connectivity index (χ0n) is 14.3. The molecule has 2 aliphatic rings. The van der Waals surface area contributed by atoms with Gasteiger partial charge >= 0.3 is 0 Å². The van der Waals surface area contributed by atoms with Crippen molar-refractivity contribution in [1.29, 1.82) is 0 Å². The Balaban J connectivity index is 1.34. The van der Waals surface area contributed by atoms with Crippen LogP contribution in [0.3, 0.4) is 0 Å². The van der Waals surface area contributed by atoms with Crippen LogP contribution in [0.25, 0.3) is 10.8 Å². The molecule has 25 heavy (non-hydrogen) atoms. The number of fused-ring (bicyclic) bond motifs is 2. The van der Waals surface area contributed by atoms with Crippen molar-refractivity contribution in [1.82, 2.24) is 14.9 Å². The number of benzene rings is 2. The van der Waals surface area contributed by atoms with Gasteiger partial charge in [-0.25, -0.2) is 4.98 Å². The van der Waals surface area contributed by atoms with Crippen LogP contribution in [0.1, 0.15) is 35.6 Å². The predicted octanol–water partition coefficient (Wildman–Crippen LogP) is 3.15. The van der Waals surface area contributed by atoms with Crippen LogP contribution in [-0.4, -0.2) is 33.1 Å². The van der Waals surface area contributed by atoms with E-state index in [0.29, 0.717) is 13.1 Å².